The molecule has 3 nitrogen and oxygen atoms in total. The second-order valence-electron chi connectivity index (χ2n) is 3.18. The predicted octanol–water partition coefficient (Wildman–Crippen LogP) is 1.55. The number of hydrogen-bond donors (Lipinski definition) is 3. The molecule has 0 aliphatic rings. The van der Waals surface area contributed by atoms with Gasteiger partial charge in [0.15, 0.2) is 0 Å². The smallest absolute Gasteiger partial charge is 0.0607 e. The molecule has 0 spiro atoms. The van der Waals surface area contributed by atoms with Crippen LogP contribution in [0.25, 0.3) is 0 Å². The van der Waals surface area contributed by atoms with Gasteiger partial charge in [-0.1, -0.05) is 27.5 Å². The van der Waals surface area contributed by atoms with E-state index in [9.17, 15) is 0 Å². The zero-order chi connectivity index (χ0) is 11.3. The summed E-state index contributed by atoms with van der Waals surface area (Å²) in [6.45, 7) is 0.371. The minimum Gasteiger partial charge on any atom is -0.395 e. The second kappa shape index (κ2) is 6.45. The van der Waals surface area contributed by atoms with Gasteiger partial charge in [0.1, 0.15) is 0 Å². The van der Waals surface area contributed by atoms with Crippen LogP contribution in [0.1, 0.15) is 5.56 Å². The number of rotatable bonds is 5. The van der Waals surface area contributed by atoms with Crippen molar-refractivity contribution in [3.05, 3.63) is 33.3 Å². The minimum absolute atomic E-state index is 0.0886. The SMILES string of the molecule is OCC(CO)NCc1cc(Cl)ccc1Br. The molecule has 3 N–H and O–H groups in total. The van der Waals surface area contributed by atoms with E-state index in [1.54, 1.807) is 6.07 Å². The van der Waals surface area contributed by atoms with Gasteiger partial charge in [-0.25, -0.2) is 0 Å². The Morgan fingerprint density at radius 1 is 1.33 bits per heavy atom. The molecule has 0 saturated heterocycles. The van der Waals surface area contributed by atoms with Crippen LogP contribution in [0.2, 0.25) is 5.02 Å². The molecule has 15 heavy (non-hydrogen) atoms. The highest BCUT2D eigenvalue weighted by Gasteiger charge is 2.06. The van der Waals surface area contributed by atoms with Crippen molar-refractivity contribution in [2.24, 2.45) is 0 Å². The van der Waals surface area contributed by atoms with Gasteiger partial charge in [-0.05, 0) is 23.8 Å². The van der Waals surface area contributed by atoms with Crippen LogP contribution in [-0.2, 0) is 6.54 Å². The van der Waals surface area contributed by atoms with E-state index in [1.807, 2.05) is 12.1 Å². The molecule has 0 aliphatic heterocycles. The monoisotopic (exact) mass is 293 g/mol. The first kappa shape index (κ1) is 12.9. The summed E-state index contributed by atoms with van der Waals surface area (Å²) >= 11 is 9.25. The van der Waals surface area contributed by atoms with Gasteiger partial charge < -0.3 is 15.5 Å². The summed E-state index contributed by atoms with van der Waals surface area (Å²) in [5.74, 6) is 0. The summed E-state index contributed by atoms with van der Waals surface area (Å²) in [6.07, 6.45) is 0. The second-order valence-corrected chi connectivity index (χ2v) is 4.47. The summed E-state index contributed by atoms with van der Waals surface area (Å²) in [5.41, 5.74) is 0.995. The van der Waals surface area contributed by atoms with Crippen molar-refractivity contribution in [1.82, 2.24) is 5.32 Å². The first-order valence-corrected chi connectivity index (χ1v) is 5.73. The van der Waals surface area contributed by atoms with Crippen molar-refractivity contribution in [3.8, 4) is 0 Å². The largest absolute Gasteiger partial charge is 0.395 e. The quantitative estimate of drug-likeness (QED) is 0.772. The Hall–Kier alpha value is -0.130. The van der Waals surface area contributed by atoms with E-state index in [4.69, 9.17) is 21.8 Å². The Morgan fingerprint density at radius 2 is 2.00 bits per heavy atom. The summed E-state index contributed by atoms with van der Waals surface area (Å²) in [4.78, 5) is 0. The molecule has 0 unspecified atom stereocenters. The maximum absolute atomic E-state index is 8.87. The highest BCUT2D eigenvalue weighted by atomic mass is 79.9. The van der Waals surface area contributed by atoms with Gasteiger partial charge in [0.25, 0.3) is 0 Å². The summed E-state index contributed by atoms with van der Waals surface area (Å²) in [7, 11) is 0. The number of hydrogen-bond acceptors (Lipinski definition) is 3. The summed E-state index contributed by atoms with van der Waals surface area (Å²) in [6, 6.07) is 5.21. The maximum atomic E-state index is 8.87. The topological polar surface area (TPSA) is 52.5 Å². The lowest BCUT2D eigenvalue weighted by Crippen LogP contribution is -2.35. The summed E-state index contributed by atoms with van der Waals surface area (Å²) in [5, 5.41) is 21.4. The number of nitrogens with one attached hydrogen (secondary N) is 1. The first-order chi connectivity index (χ1) is 7.17. The number of aliphatic hydroxyl groups excluding tert-OH is 2. The van der Waals surface area contributed by atoms with Crippen LogP contribution in [-0.4, -0.2) is 29.5 Å². The third kappa shape index (κ3) is 4.09. The Labute approximate surface area is 102 Å². The van der Waals surface area contributed by atoms with E-state index in [1.165, 1.54) is 0 Å². The van der Waals surface area contributed by atoms with Gasteiger partial charge >= 0.3 is 0 Å². The molecule has 0 atom stereocenters. The van der Waals surface area contributed by atoms with Gasteiger partial charge in [-0.2, -0.15) is 0 Å². The fourth-order valence-corrected chi connectivity index (χ4v) is 1.70. The number of halogens is 2. The van der Waals surface area contributed by atoms with E-state index in [-0.39, 0.29) is 19.3 Å². The normalized spacial score (nSPS) is 11.0. The molecule has 1 aromatic carbocycles. The first-order valence-electron chi connectivity index (χ1n) is 4.56. The van der Waals surface area contributed by atoms with Crippen molar-refractivity contribution >= 4 is 27.5 Å². The molecule has 5 heteroatoms. The van der Waals surface area contributed by atoms with Crippen molar-refractivity contribution in [1.29, 1.82) is 0 Å². The zero-order valence-corrected chi connectivity index (χ0v) is 10.4. The molecule has 0 aromatic heterocycles. The van der Waals surface area contributed by atoms with E-state index in [0.717, 1.165) is 10.0 Å². The highest BCUT2D eigenvalue weighted by Crippen LogP contribution is 2.20. The van der Waals surface area contributed by atoms with E-state index < -0.39 is 0 Å². The van der Waals surface area contributed by atoms with E-state index in [2.05, 4.69) is 21.2 Å². The number of benzene rings is 1. The van der Waals surface area contributed by atoms with Crippen LogP contribution in [0.3, 0.4) is 0 Å². The third-order valence-electron chi connectivity index (χ3n) is 2.03. The Balaban J connectivity index is 2.60. The molecule has 0 radical (unpaired) electrons. The van der Waals surface area contributed by atoms with Gasteiger partial charge in [0, 0.05) is 16.0 Å². The minimum atomic E-state index is -0.295. The maximum Gasteiger partial charge on any atom is 0.0607 e. The standard InChI is InChI=1S/C10H13BrClNO2/c11-10-2-1-8(12)3-7(10)4-13-9(5-14)6-15/h1-3,9,13-15H,4-6H2. The van der Waals surface area contributed by atoms with Crippen molar-refractivity contribution in [3.63, 3.8) is 0 Å². The molecule has 1 aromatic rings. The average Bonchev–Trinajstić information content (AvgIpc) is 2.24. The summed E-state index contributed by atoms with van der Waals surface area (Å²) < 4.78 is 0.953. The predicted molar refractivity (Wildman–Crippen MR) is 64.0 cm³/mol. The number of aliphatic hydroxyl groups is 2. The Bertz CT molecular complexity index is 318. The third-order valence-corrected chi connectivity index (χ3v) is 3.04. The zero-order valence-electron chi connectivity index (χ0n) is 8.08. The lowest BCUT2D eigenvalue weighted by atomic mass is 10.2. The van der Waals surface area contributed by atoms with Crippen LogP contribution >= 0.6 is 27.5 Å². The van der Waals surface area contributed by atoms with E-state index >= 15 is 0 Å². The van der Waals surface area contributed by atoms with Gasteiger partial charge in [0.05, 0.1) is 19.3 Å². The molecule has 0 aliphatic carbocycles. The van der Waals surface area contributed by atoms with Gasteiger partial charge in [-0.15, -0.1) is 0 Å². The molecule has 0 bridgehead atoms. The van der Waals surface area contributed by atoms with Crippen molar-refractivity contribution < 1.29 is 10.2 Å². The lowest BCUT2D eigenvalue weighted by Gasteiger charge is -2.14. The molecular weight excluding hydrogens is 281 g/mol. The Morgan fingerprint density at radius 3 is 2.60 bits per heavy atom. The van der Waals surface area contributed by atoms with Crippen LogP contribution < -0.4 is 5.32 Å². The van der Waals surface area contributed by atoms with Crippen LogP contribution in [0.15, 0.2) is 22.7 Å². The lowest BCUT2D eigenvalue weighted by molar-refractivity contribution is 0.170. The van der Waals surface area contributed by atoms with Crippen molar-refractivity contribution in [2.45, 2.75) is 12.6 Å². The molecule has 0 saturated carbocycles. The molecule has 0 amide bonds. The van der Waals surface area contributed by atoms with Crippen molar-refractivity contribution in [2.75, 3.05) is 13.2 Å². The van der Waals surface area contributed by atoms with Gasteiger partial charge in [-0.3, -0.25) is 0 Å². The molecule has 0 heterocycles. The Kier molecular flexibility index (Phi) is 5.56. The molecule has 0 fully saturated rings. The van der Waals surface area contributed by atoms with E-state index in [0.29, 0.717) is 11.6 Å². The highest BCUT2D eigenvalue weighted by molar-refractivity contribution is 9.10. The van der Waals surface area contributed by atoms with Gasteiger partial charge in [0.2, 0.25) is 0 Å². The van der Waals surface area contributed by atoms with Crippen LogP contribution in [0, 0.1) is 0 Å². The molecular formula is C10H13BrClNO2. The fraction of sp³-hybridized carbons (Fsp3) is 0.400. The molecule has 84 valence electrons. The van der Waals surface area contributed by atoms with Crippen LogP contribution in [0.5, 0.6) is 0 Å². The van der Waals surface area contributed by atoms with Crippen LogP contribution in [0.4, 0.5) is 0 Å². The average molecular weight is 295 g/mol. The fourth-order valence-electron chi connectivity index (χ4n) is 1.12. The molecule has 1 rings (SSSR count).